The molecule has 260 valence electrons. The molecule has 3 heteroatoms. The van der Waals surface area contributed by atoms with E-state index in [1.165, 1.54) is 49.7 Å². The van der Waals surface area contributed by atoms with Crippen molar-refractivity contribution in [2.75, 3.05) is 0 Å². The summed E-state index contributed by atoms with van der Waals surface area (Å²) < 4.78 is 6.69. The number of fused-ring (bicyclic) bond motifs is 13. The largest absolute Gasteiger partial charge is 0.456 e. The van der Waals surface area contributed by atoms with Crippen molar-refractivity contribution in [3.8, 4) is 67.5 Å². The Labute approximate surface area is 324 Å². The van der Waals surface area contributed by atoms with Gasteiger partial charge in [0, 0.05) is 33.2 Å². The summed E-state index contributed by atoms with van der Waals surface area (Å²) in [5.41, 5.74) is 16.4. The summed E-state index contributed by atoms with van der Waals surface area (Å²) in [6.45, 7) is 0. The van der Waals surface area contributed by atoms with Crippen LogP contribution in [0.4, 0.5) is 0 Å². The average Bonchev–Trinajstić information content (AvgIpc) is 3.90. The minimum Gasteiger partial charge on any atom is -0.456 e. The SMILES string of the molecule is c1ccc(-c2cc(-c3cccc(-c4ccc5c(c4)-c4ccccc4C54c5ccccc5-c5oc6ccccc6c54)c3)nc(-c3cccc4ccccc34)n2)cc1. The van der Waals surface area contributed by atoms with Gasteiger partial charge in [0.15, 0.2) is 5.82 Å². The van der Waals surface area contributed by atoms with Gasteiger partial charge in [0.05, 0.1) is 16.8 Å². The zero-order valence-corrected chi connectivity index (χ0v) is 30.3. The molecule has 0 N–H and O–H groups in total. The molecule has 0 radical (unpaired) electrons. The molecule has 8 aromatic carbocycles. The Morgan fingerprint density at radius 1 is 0.375 bits per heavy atom. The third-order valence-electron chi connectivity index (χ3n) is 11.9. The number of benzene rings is 8. The summed E-state index contributed by atoms with van der Waals surface area (Å²) >= 11 is 0. The fourth-order valence-electron chi connectivity index (χ4n) is 9.52. The van der Waals surface area contributed by atoms with Gasteiger partial charge in [-0.1, -0.05) is 170 Å². The monoisotopic (exact) mass is 712 g/mol. The van der Waals surface area contributed by atoms with E-state index in [0.717, 1.165) is 55.9 Å². The van der Waals surface area contributed by atoms with Crippen molar-refractivity contribution in [1.82, 2.24) is 9.97 Å². The zero-order valence-electron chi connectivity index (χ0n) is 30.3. The third kappa shape index (κ3) is 4.34. The number of hydrogen-bond donors (Lipinski definition) is 0. The minimum absolute atomic E-state index is 0.475. The van der Waals surface area contributed by atoms with E-state index >= 15 is 0 Å². The Kier molecular flexibility index (Phi) is 6.55. The summed E-state index contributed by atoms with van der Waals surface area (Å²) in [7, 11) is 0. The lowest BCUT2D eigenvalue weighted by molar-refractivity contribution is 0.628. The topological polar surface area (TPSA) is 38.9 Å². The molecule has 0 aliphatic heterocycles. The van der Waals surface area contributed by atoms with Crippen LogP contribution in [0.1, 0.15) is 22.3 Å². The van der Waals surface area contributed by atoms with Crippen molar-refractivity contribution in [3.63, 3.8) is 0 Å². The van der Waals surface area contributed by atoms with Crippen LogP contribution in [0.3, 0.4) is 0 Å². The van der Waals surface area contributed by atoms with E-state index in [0.29, 0.717) is 5.82 Å². The second-order valence-corrected chi connectivity index (χ2v) is 14.8. The van der Waals surface area contributed by atoms with Crippen LogP contribution in [-0.2, 0) is 5.41 Å². The molecule has 0 bridgehead atoms. The zero-order chi connectivity index (χ0) is 36.8. The molecule has 10 aromatic rings. The van der Waals surface area contributed by atoms with Crippen molar-refractivity contribution < 1.29 is 4.42 Å². The Morgan fingerprint density at radius 3 is 1.84 bits per heavy atom. The molecular formula is C53H32N2O. The van der Waals surface area contributed by atoms with Gasteiger partial charge in [0.2, 0.25) is 0 Å². The Bertz CT molecular complexity index is 3210. The number of furan rings is 1. The van der Waals surface area contributed by atoms with Gasteiger partial charge in [0.25, 0.3) is 0 Å². The fourth-order valence-corrected chi connectivity index (χ4v) is 9.52. The van der Waals surface area contributed by atoms with Gasteiger partial charge in [-0.25, -0.2) is 9.97 Å². The molecule has 0 amide bonds. The first-order chi connectivity index (χ1) is 27.8. The van der Waals surface area contributed by atoms with E-state index in [1.807, 2.05) is 6.07 Å². The lowest BCUT2D eigenvalue weighted by Gasteiger charge is -2.29. The van der Waals surface area contributed by atoms with Crippen LogP contribution in [-0.4, -0.2) is 9.97 Å². The van der Waals surface area contributed by atoms with Gasteiger partial charge in [-0.15, -0.1) is 0 Å². The lowest BCUT2D eigenvalue weighted by atomic mass is 9.70. The van der Waals surface area contributed by atoms with E-state index in [1.54, 1.807) is 0 Å². The van der Waals surface area contributed by atoms with Crippen LogP contribution < -0.4 is 0 Å². The van der Waals surface area contributed by atoms with Gasteiger partial charge in [-0.3, -0.25) is 0 Å². The smallest absolute Gasteiger partial charge is 0.161 e. The van der Waals surface area contributed by atoms with Gasteiger partial charge >= 0.3 is 0 Å². The highest BCUT2D eigenvalue weighted by Crippen LogP contribution is 2.65. The predicted octanol–water partition coefficient (Wildman–Crippen LogP) is 13.4. The Balaban J connectivity index is 1.03. The molecule has 1 atom stereocenters. The van der Waals surface area contributed by atoms with E-state index < -0.39 is 5.41 Å². The summed E-state index contributed by atoms with van der Waals surface area (Å²) in [4.78, 5) is 10.4. The van der Waals surface area contributed by atoms with Crippen molar-refractivity contribution in [1.29, 1.82) is 0 Å². The summed E-state index contributed by atoms with van der Waals surface area (Å²) in [5, 5.41) is 3.47. The van der Waals surface area contributed by atoms with Crippen LogP contribution in [0, 0.1) is 0 Å². The lowest BCUT2D eigenvalue weighted by Crippen LogP contribution is -2.25. The quantitative estimate of drug-likeness (QED) is 0.182. The first kappa shape index (κ1) is 31.0. The van der Waals surface area contributed by atoms with E-state index in [-0.39, 0.29) is 0 Å². The van der Waals surface area contributed by atoms with Crippen LogP contribution >= 0.6 is 0 Å². The number of hydrogen-bond acceptors (Lipinski definition) is 3. The van der Waals surface area contributed by atoms with E-state index in [9.17, 15) is 0 Å². The molecule has 2 aliphatic carbocycles. The molecule has 56 heavy (non-hydrogen) atoms. The number of nitrogens with zero attached hydrogens (tertiary/aromatic N) is 2. The molecular weight excluding hydrogens is 681 g/mol. The molecule has 0 fully saturated rings. The highest BCUT2D eigenvalue weighted by atomic mass is 16.3. The van der Waals surface area contributed by atoms with Gasteiger partial charge in [0.1, 0.15) is 11.3 Å². The summed E-state index contributed by atoms with van der Waals surface area (Å²) in [5.74, 6) is 1.69. The second kappa shape index (κ2) is 11.8. The van der Waals surface area contributed by atoms with Gasteiger partial charge in [-0.2, -0.15) is 0 Å². The maximum Gasteiger partial charge on any atom is 0.161 e. The summed E-state index contributed by atoms with van der Waals surface area (Å²) in [6.07, 6.45) is 0. The van der Waals surface area contributed by atoms with Crippen molar-refractivity contribution >= 4 is 21.7 Å². The molecule has 0 saturated heterocycles. The molecule has 2 heterocycles. The maximum atomic E-state index is 6.69. The highest BCUT2D eigenvalue weighted by molar-refractivity contribution is 6.02. The normalized spacial score (nSPS) is 14.9. The van der Waals surface area contributed by atoms with Crippen LogP contribution in [0.5, 0.6) is 0 Å². The maximum absolute atomic E-state index is 6.69. The standard InChI is InChI=1S/C53H32N2O/c1-2-15-34(16-3-1)47-32-48(55-52(54-47)40-24-13-17-33-14-4-5-20-38(33)40)37-19-12-18-35(30-37)36-28-29-46-43(31-36)39-21-6-9-25-44(39)53(46)45-26-10-7-22-41(45)51-50(53)42-23-8-11-27-49(42)56-51/h1-32H. The number of aromatic nitrogens is 2. The fraction of sp³-hybridized carbons (Fsp3) is 0.0189. The predicted molar refractivity (Wildman–Crippen MR) is 227 cm³/mol. The molecule has 3 nitrogen and oxygen atoms in total. The average molecular weight is 713 g/mol. The van der Waals surface area contributed by atoms with Crippen LogP contribution in [0.15, 0.2) is 199 Å². The molecule has 12 rings (SSSR count). The number of rotatable bonds is 4. The van der Waals surface area contributed by atoms with Crippen molar-refractivity contribution in [2.45, 2.75) is 5.41 Å². The van der Waals surface area contributed by atoms with Crippen LogP contribution in [0.25, 0.3) is 89.2 Å². The molecule has 1 spiro atoms. The van der Waals surface area contributed by atoms with Gasteiger partial charge in [-0.05, 0) is 74.0 Å². The molecule has 2 aromatic heterocycles. The summed E-state index contributed by atoms with van der Waals surface area (Å²) in [6, 6.07) is 69.4. The van der Waals surface area contributed by atoms with Crippen LogP contribution in [0.2, 0.25) is 0 Å². The van der Waals surface area contributed by atoms with E-state index in [2.05, 4.69) is 188 Å². The molecule has 1 unspecified atom stereocenters. The van der Waals surface area contributed by atoms with E-state index in [4.69, 9.17) is 14.4 Å². The minimum atomic E-state index is -0.475. The Hall–Kier alpha value is -7.36. The first-order valence-electron chi connectivity index (χ1n) is 19.2. The molecule has 2 aliphatic rings. The Morgan fingerprint density at radius 2 is 0.964 bits per heavy atom. The third-order valence-corrected chi connectivity index (χ3v) is 11.9. The number of para-hydroxylation sites is 1. The van der Waals surface area contributed by atoms with Gasteiger partial charge < -0.3 is 4.42 Å². The van der Waals surface area contributed by atoms with Crippen molar-refractivity contribution in [2.24, 2.45) is 0 Å². The highest BCUT2D eigenvalue weighted by Gasteiger charge is 2.54. The first-order valence-corrected chi connectivity index (χ1v) is 19.2. The van der Waals surface area contributed by atoms with Crippen molar-refractivity contribution in [3.05, 3.63) is 216 Å². The molecule has 0 saturated carbocycles. The second-order valence-electron chi connectivity index (χ2n) is 14.8.